The Balaban J connectivity index is 1.66. The maximum Gasteiger partial charge on any atom is 0.342 e. The number of ether oxygens (including phenoxy) is 2. The van der Waals surface area contributed by atoms with Crippen molar-refractivity contribution >= 4 is 11.7 Å². The van der Waals surface area contributed by atoms with Crippen LogP contribution in [0.4, 0.5) is 5.69 Å². The van der Waals surface area contributed by atoms with Crippen LogP contribution in [-0.4, -0.2) is 12.6 Å². The Morgan fingerprint density at radius 1 is 1.03 bits per heavy atom. The van der Waals surface area contributed by atoms with Gasteiger partial charge in [0.2, 0.25) is 5.69 Å². The molecule has 1 aliphatic carbocycles. The van der Waals surface area contributed by atoms with Crippen LogP contribution >= 0.6 is 0 Å². The van der Waals surface area contributed by atoms with Crippen LogP contribution in [0.2, 0.25) is 0 Å². The zero-order valence-corrected chi connectivity index (χ0v) is 20.3. The van der Waals surface area contributed by atoms with Gasteiger partial charge in [-0.2, -0.15) is 5.26 Å². The minimum absolute atomic E-state index is 0.00121. The number of esters is 1. The summed E-state index contributed by atoms with van der Waals surface area (Å²) < 4.78 is 11.2. The van der Waals surface area contributed by atoms with E-state index >= 15 is 0 Å². The van der Waals surface area contributed by atoms with Crippen molar-refractivity contribution in [3.8, 4) is 17.6 Å². The molecule has 178 valence electrons. The number of carbonyl (C=O) groups excluding carboxylic acids is 1. The van der Waals surface area contributed by atoms with Crippen molar-refractivity contribution in [2.24, 2.45) is 5.92 Å². The van der Waals surface area contributed by atoms with E-state index < -0.39 is 5.97 Å². The first kappa shape index (κ1) is 25.3. The van der Waals surface area contributed by atoms with Crippen LogP contribution in [0.1, 0.15) is 99.0 Å². The first-order valence-electron chi connectivity index (χ1n) is 12.5. The van der Waals surface area contributed by atoms with Gasteiger partial charge in [0.1, 0.15) is 17.1 Å². The number of hydrogen-bond donors (Lipinski definition) is 0. The van der Waals surface area contributed by atoms with Gasteiger partial charge >= 0.3 is 5.97 Å². The molecule has 2 aromatic carbocycles. The zero-order valence-electron chi connectivity index (χ0n) is 20.3. The van der Waals surface area contributed by atoms with E-state index in [0.717, 1.165) is 18.8 Å². The number of benzene rings is 2. The summed E-state index contributed by atoms with van der Waals surface area (Å²) in [6, 6.07) is 12.8. The van der Waals surface area contributed by atoms with Gasteiger partial charge in [0, 0.05) is 0 Å². The molecular formula is C29H34N2O3. The van der Waals surface area contributed by atoms with Crippen molar-refractivity contribution in [3.63, 3.8) is 0 Å². The van der Waals surface area contributed by atoms with Crippen LogP contribution in [-0.2, 0) is 0 Å². The standard InChI is InChI=1S/C29H34N2O3/c1-4-6-8-21-9-11-22(12-10-21)23-13-15-24(16-14-23)29(32)34-27-18-17-26(33-19-7-5-2)25(20-30)28(27)31-3/h13-18,21-22H,4-12,19H2,1-2H3. The number of hydrogen-bond acceptors (Lipinski definition) is 4. The lowest BCUT2D eigenvalue weighted by atomic mass is 9.77. The zero-order chi connectivity index (χ0) is 24.3. The third kappa shape index (κ3) is 6.39. The first-order valence-corrected chi connectivity index (χ1v) is 12.5. The molecule has 0 aromatic heterocycles. The van der Waals surface area contributed by atoms with E-state index in [4.69, 9.17) is 16.0 Å². The Bertz CT molecular complexity index is 1040. The normalized spacial score (nSPS) is 17.4. The average molecular weight is 459 g/mol. The molecule has 0 aliphatic heterocycles. The van der Waals surface area contributed by atoms with Crippen LogP contribution in [0, 0.1) is 23.8 Å². The lowest BCUT2D eigenvalue weighted by Crippen LogP contribution is -2.14. The number of rotatable bonds is 10. The number of nitrogens with zero attached hydrogens (tertiary/aromatic N) is 2. The maximum atomic E-state index is 12.8. The minimum Gasteiger partial charge on any atom is -0.494 e. The van der Waals surface area contributed by atoms with Gasteiger partial charge in [-0.1, -0.05) is 51.7 Å². The molecule has 2 aromatic rings. The third-order valence-electron chi connectivity index (χ3n) is 6.71. The summed E-state index contributed by atoms with van der Waals surface area (Å²) >= 11 is 0. The van der Waals surface area contributed by atoms with Gasteiger partial charge in [0.15, 0.2) is 0 Å². The molecule has 0 amide bonds. The van der Waals surface area contributed by atoms with E-state index in [2.05, 4.69) is 11.8 Å². The van der Waals surface area contributed by atoms with Gasteiger partial charge in [-0.05, 0) is 73.8 Å². The summed E-state index contributed by atoms with van der Waals surface area (Å²) in [6.45, 7) is 12.3. The third-order valence-corrected chi connectivity index (χ3v) is 6.71. The Morgan fingerprint density at radius 3 is 2.32 bits per heavy atom. The molecule has 0 bridgehead atoms. The number of unbranched alkanes of at least 4 members (excludes halogenated alkanes) is 2. The second kappa shape index (κ2) is 12.8. The van der Waals surface area contributed by atoms with Gasteiger partial charge < -0.3 is 9.47 Å². The van der Waals surface area contributed by atoms with Crippen LogP contribution in [0.5, 0.6) is 11.5 Å². The van der Waals surface area contributed by atoms with Crippen molar-refractivity contribution in [2.75, 3.05) is 6.61 Å². The monoisotopic (exact) mass is 458 g/mol. The first-order chi connectivity index (χ1) is 16.6. The molecule has 5 heteroatoms. The Hall–Kier alpha value is -3.31. The Kier molecular flexibility index (Phi) is 9.53. The molecule has 1 fully saturated rings. The van der Waals surface area contributed by atoms with Gasteiger partial charge in [0.05, 0.1) is 24.8 Å². The van der Waals surface area contributed by atoms with Crippen molar-refractivity contribution in [1.29, 1.82) is 5.26 Å². The predicted molar refractivity (Wildman–Crippen MR) is 133 cm³/mol. The van der Waals surface area contributed by atoms with Crippen molar-refractivity contribution in [2.45, 2.75) is 77.6 Å². The minimum atomic E-state index is -0.539. The molecule has 5 nitrogen and oxygen atoms in total. The molecule has 0 saturated heterocycles. The summed E-state index contributed by atoms with van der Waals surface area (Å²) in [5.74, 6) is 1.30. The summed E-state index contributed by atoms with van der Waals surface area (Å²) in [4.78, 5) is 16.2. The summed E-state index contributed by atoms with van der Waals surface area (Å²) in [7, 11) is 0. The summed E-state index contributed by atoms with van der Waals surface area (Å²) in [5.41, 5.74) is 1.80. The Morgan fingerprint density at radius 2 is 1.71 bits per heavy atom. The van der Waals surface area contributed by atoms with E-state index in [-0.39, 0.29) is 17.0 Å². The molecule has 1 aliphatic rings. The molecule has 0 heterocycles. The van der Waals surface area contributed by atoms with Gasteiger partial charge in [-0.25, -0.2) is 9.64 Å². The molecule has 1 saturated carbocycles. The Labute approximate surface area is 203 Å². The average Bonchev–Trinajstić information content (AvgIpc) is 2.88. The van der Waals surface area contributed by atoms with Crippen LogP contribution < -0.4 is 9.47 Å². The van der Waals surface area contributed by atoms with E-state index in [1.807, 2.05) is 25.1 Å². The molecule has 0 spiro atoms. The summed E-state index contributed by atoms with van der Waals surface area (Å²) in [5, 5.41) is 9.56. The highest BCUT2D eigenvalue weighted by Gasteiger charge is 2.23. The van der Waals surface area contributed by atoms with Crippen LogP contribution in [0.3, 0.4) is 0 Å². The van der Waals surface area contributed by atoms with Gasteiger partial charge in [0.25, 0.3) is 0 Å². The lowest BCUT2D eigenvalue weighted by Gasteiger charge is -2.28. The van der Waals surface area contributed by atoms with Crippen LogP contribution in [0.25, 0.3) is 4.85 Å². The fraction of sp³-hybridized carbons (Fsp3) is 0.483. The quantitative estimate of drug-likeness (QED) is 0.157. The largest absolute Gasteiger partial charge is 0.494 e. The smallest absolute Gasteiger partial charge is 0.342 e. The van der Waals surface area contributed by atoms with Gasteiger partial charge in [-0.15, -0.1) is 0 Å². The predicted octanol–water partition coefficient (Wildman–Crippen LogP) is 7.97. The maximum absolute atomic E-state index is 12.8. The van der Waals surface area contributed by atoms with E-state index in [0.29, 0.717) is 23.8 Å². The van der Waals surface area contributed by atoms with E-state index in [1.54, 1.807) is 18.2 Å². The number of nitriles is 1. The van der Waals surface area contributed by atoms with Crippen molar-refractivity contribution < 1.29 is 14.3 Å². The molecular weight excluding hydrogens is 424 g/mol. The second-order valence-electron chi connectivity index (χ2n) is 9.08. The lowest BCUT2D eigenvalue weighted by molar-refractivity contribution is 0.0735. The van der Waals surface area contributed by atoms with E-state index in [1.165, 1.54) is 56.6 Å². The highest BCUT2D eigenvalue weighted by atomic mass is 16.5. The topological polar surface area (TPSA) is 63.7 Å². The van der Waals surface area contributed by atoms with Crippen molar-refractivity contribution in [3.05, 3.63) is 64.5 Å². The molecule has 3 rings (SSSR count). The number of carbonyl (C=O) groups is 1. The highest BCUT2D eigenvalue weighted by Crippen LogP contribution is 2.39. The second-order valence-corrected chi connectivity index (χ2v) is 9.08. The van der Waals surface area contributed by atoms with Crippen molar-refractivity contribution in [1.82, 2.24) is 0 Å². The fourth-order valence-corrected chi connectivity index (χ4v) is 4.63. The molecule has 34 heavy (non-hydrogen) atoms. The van der Waals surface area contributed by atoms with E-state index in [9.17, 15) is 10.1 Å². The highest BCUT2D eigenvalue weighted by molar-refractivity contribution is 5.92. The molecule has 0 unspecified atom stereocenters. The molecule has 0 radical (unpaired) electrons. The fourth-order valence-electron chi connectivity index (χ4n) is 4.63. The molecule has 0 N–H and O–H groups in total. The summed E-state index contributed by atoms with van der Waals surface area (Å²) in [6.07, 6.45) is 10.7. The van der Waals surface area contributed by atoms with Gasteiger partial charge in [-0.3, -0.25) is 0 Å². The SMILES string of the molecule is [C-]#[N+]c1c(OC(=O)c2ccc(C3CCC(CCCC)CC3)cc2)ccc(OCCCC)c1C#N. The van der Waals surface area contributed by atoms with Crippen LogP contribution in [0.15, 0.2) is 36.4 Å². The molecule has 0 atom stereocenters.